The summed E-state index contributed by atoms with van der Waals surface area (Å²) in [5, 5.41) is 6.85. The molecule has 22 heavy (non-hydrogen) atoms. The van der Waals surface area contributed by atoms with Gasteiger partial charge in [-0.25, -0.2) is 0 Å². The number of pyridine rings is 1. The van der Waals surface area contributed by atoms with Crippen molar-refractivity contribution in [2.24, 2.45) is 5.92 Å². The second-order valence-electron chi connectivity index (χ2n) is 5.32. The van der Waals surface area contributed by atoms with Gasteiger partial charge in [0.05, 0.1) is 0 Å². The number of rotatable bonds is 4. The maximum absolute atomic E-state index is 12.4. The van der Waals surface area contributed by atoms with Gasteiger partial charge in [0, 0.05) is 31.2 Å². The molecule has 2 aromatic rings. The average molecular weight is 302 g/mol. The van der Waals surface area contributed by atoms with Gasteiger partial charge in [0.15, 0.2) is 5.82 Å². The number of aromatic nitrogens is 3. The second kappa shape index (κ2) is 6.65. The molecule has 1 amide bonds. The largest absolute Gasteiger partial charge is 0.381 e. The van der Waals surface area contributed by atoms with E-state index in [1.54, 1.807) is 31.5 Å². The molecule has 0 radical (unpaired) electrons. The molecular weight excluding hydrogens is 284 g/mol. The summed E-state index contributed by atoms with van der Waals surface area (Å²) in [6, 6.07) is 3.05. The van der Waals surface area contributed by atoms with E-state index in [9.17, 15) is 4.79 Å². The number of hydrogen-bond acceptors (Lipinski definition) is 6. The maximum atomic E-state index is 12.4. The zero-order valence-corrected chi connectivity index (χ0v) is 12.4. The van der Waals surface area contributed by atoms with E-state index in [1.807, 2.05) is 0 Å². The summed E-state index contributed by atoms with van der Waals surface area (Å²) in [5.74, 6) is 1.06. The molecule has 0 aromatic carbocycles. The molecular formula is C15H18N4O3. The molecule has 0 spiro atoms. The molecule has 0 aliphatic carbocycles. The van der Waals surface area contributed by atoms with Gasteiger partial charge in [0.1, 0.15) is 6.04 Å². The molecule has 1 atom stereocenters. The Morgan fingerprint density at radius 2 is 2.05 bits per heavy atom. The minimum atomic E-state index is -0.300. The van der Waals surface area contributed by atoms with Crippen LogP contribution in [0.25, 0.3) is 0 Å². The van der Waals surface area contributed by atoms with Crippen molar-refractivity contribution < 1.29 is 14.1 Å². The molecule has 0 unspecified atom stereocenters. The molecule has 1 aliphatic heterocycles. The van der Waals surface area contributed by atoms with E-state index < -0.39 is 0 Å². The van der Waals surface area contributed by atoms with Crippen LogP contribution in [0.2, 0.25) is 0 Å². The molecule has 7 nitrogen and oxygen atoms in total. The lowest BCUT2D eigenvalue weighted by Crippen LogP contribution is -2.36. The first-order chi connectivity index (χ1) is 10.7. The topological polar surface area (TPSA) is 90.1 Å². The van der Waals surface area contributed by atoms with Crippen molar-refractivity contribution in [3.8, 4) is 0 Å². The van der Waals surface area contributed by atoms with Crippen molar-refractivity contribution in [3.05, 3.63) is 41.8 Å². The van der Waals surface area contributed by atoms with Crippen LogP contribution in [0.15, 0.2) is 29.0 Å². The lowest BCUT2D eigenvalue weighted by molar-refractivity contribution is 0.0468. The third-order valence-electron chi connectivity index (χ3n) is 3.78. The molecule has 116 valence electrons. The fourth-order valence-corrected chi connectivity index (χ4v) is 2.60. The third kappa shape index (κ3) is 3.30. The van der Waals surface area contributed by atoms with Crippen molar-refractivity contribution in [2.45, 2.75) is 25.8 Å². The number of aryl methyl sites for hydroxylation is 1. The first-order valence-corrected chi connectivity index (χ1v) is 7.33. The lowest BCUT2D eigenvalue weighted by Gasteiger charge is -2.28. The number of carbonyl (C=O) groups excluding carboxylic acids is 1. The summed E-state index contributed by atoms with van der Waals surface area (Å²) < 4.78 is 10.7. The minimum absolute atomic E-state index is 0.172. The molecule has 3 rings (SSSR count). The summed E-state index contributed by atoms with van der Waals surface area (Å²) in [4.78, 5) is 20.6. The fraction of sp³-hybridized carbons (Fsp3) is 0.467. The SMILES string of the molecule is Cc1noc([C@@H](NC(=O)c2ccncc2)C2CCOCC2)n1. The summed E-state index contributed by atoms with van der Waals surface area (Å²) in [5.41, 5.74) is 0.559. The Labute approximate surface area is 128 Å². The Balaban J connectivity index is 1.80. The summed E-state index contributed by atoms with van der Waals surface area (Å²) in [7, 11) is 0. The number of hydrogen-bond donors (Lipinski definition) is 1. The van der Waals surface area contributed by atoms with Crippen LogP contribution in [0.5, 0.6) is 0 Å². The molecule has 2 aromatic heterocycles. The molecule has 1 saturated heterocycles. The Morgan fingerprint density at radius 1 is 1.32 bits per heavy atom. The highest BCUT2D eigenvalue weighted by molar-refractivity contribution is 5.94. The van der Waals surface area contributed by atoms with Gasteiger partial charge in [-0.1, -0.05) is 5.16 Å². The first kappa shape index (κ1) is 14.6. The van der Waals surface area contributed by atoms with Crippen LogP contribution in [0.1, 0.15) is 41.0 Å². The predicted octanol–water partition coefficient (Wildman–Crippen LogP) is 1.67. The summed E-state index contributed by atoms with van der Waals surface area (Å²) in [6.07, 6.45) is 4.88. The van der Waals surface area contributed by atoms with E-state index in [1.165, 1.54) is 0 Å². The van der Waals surface area contributed by atoms with Crippen molar-refractivity contribution in [1.82, 2.24) is 20.4 Å². The van der Waals surface area contributed by atoms with Gasteiger partial charge in [0.25, 0.3) is 5.91 Å². The lowest BCUT2D eigenvalue weighted by atomic mass is 9.91. The van der Waals surface area contributed by atoms with Gasteiger partial charge in [0.2, 0.25) is 5.89 Å². The quantitative estimate of drug-likeness (QED) is 0.924. The highest BCUT2D eigenvalue weighted by Gasteiger charge is 2.31. The fourth-order valence-electron chi connectivity index (χ4n) is 2.60. The molecule has 3 heterocycles. The van der Waals surface area contributed by atoms with Crippen molar-refractivity contribution in [2.75, 3.05) is 13.2 Å². The van der Waals surface area contributed by atoms with Gasteiger partial charge in [-0.2, -0.15) is 4.98 Å². The average Bonchev–Trinajstić information content (AvgIpc) is 3.00. The van der Waals surface area contributed by atoms with E-state index in [4.69, 9.17) is 9.26 Å². The van der Waals surface area contributed by atoms with Crippen molar-refractivity contribution >= 4 is 5.91 Å². The molecule has 1 aliphatic rings. The molecule has 0 bridgehead atoms. The third-order valence-corrected chi connectivity index (χ3v) is 3.78. The predicted molar refractivity (Wildman–Crippen MR) is 77.0 cm³/mol. The zero-order chi connectivity index (χ0) is 15.4. The van der Waals surface area contributed by atoms with E-state index in [0.29, 0.717) is 30.5 Å². The monoisotopic (exact) mass is 302 g/mol. The van der Waals surface area contributed by atoms with Gasteiger partial charge < -0.3 is 14.6 Å². The normalized spacial score (nSPS) is 17.1. The summed E-state index contributed by atoms with van der Waals surface area (Å²) >= 11 is 0. The number of nitrogens with one attached hydrogen (secondary N) is 1. The van der Waals surface area contributed by atoms with Crippen LogP contribution in [-0.2, 0) is 4.74 Å². The molecule has 0 saturated carbocycles. The zero-order valence-electron chi connectivity index (χ0n) is 12.4. The molecule has 1 N–H and O–H groups in total. The smallest absolute Gasteiger partial charge is 0.252 e. The molecule has 1 fully saturated rings. The Hall–Kier alpha value is -2.28. The highest BCUT2D eigenvalue weighted by atomic mass is 16.5. The van der Waals surface area contributed by atoms with Crippen LogP contribution in [0, 0.1) is 12.8 Å². The van der Waals surface area contributed by atoms with Gasteiger partial charge >= 0.3 is 0 Å². The van der Waals surface area contributed by atoms with E-state index in [-0.39, 0.29) is 17.9 Å². The molecule has 7 heteroatoms. The van der Waals surface area contributed by atoms with Crippen LogP contribution >= 0.6 is 0 Å². The Kier molecular flexibility index (Phi) is 4.43. The van der Waals surface area contributed by atoms with Crippen LogP contribution in [0.4, 0.5) is 0 Å². The van der Waals surface area contributed by atoms with E-state index in [0.717, 1.165) is 12.8 Å². The van der Waals surface area contributed by atoms with Crippen LogP contribution in [-0.4, -0.2) is 34.2 Å². The second-order valence-corrected chi connectivity index (χ2v) is 5.32. The van der Waals surface area contributed by atoms with Crippen molar-refractivity contribution in [3.63, 3.8) is 0 Å². The Bertz CT molecular complexity index is 623. The standard InChI is InChI=1S/C15H18N4O3/c1-10-17-15(22-19-10)13(11-4-8-21-9-5-11)18-14(20)12-2-6-16-7-3-12/h2-3,6-7,11,13H,4-5,8-9H2,1H3,(H,18,20)/t13-/m0/s1. The van der Waals surface area contributed by atoms with Gasteiger partial charge in [-0.3, -0.25) is 9.78 Å². The number of amides is 1. The minimum Gasteiger partial charge on any atom is -0.381 e. The van der Waals surface area contributed by atoms with Crippen molar-refractivity contribution in [1.29, 1.82) is 0 Å². The van der Waals surface area contributed by atoms with E-state index >= 15 is 0 Å². The Morgan fingerprint density at radius 3 is 2.68 bits per heavy atom. The number of nitrogens with zero attached hydrogens (tertiary/aromatic N) is 3. The maximum Gasteiger partial charge on any atom is 0.252 e. The van der Waals surface area contributed by atoms with Crippen LogP contribution in [0.3, 0.4) is 0 Å². The number of ether oxygens (including phenoxy) is 1. The van der Waals surface area contributed by atoms with Gasteiger partial charge in [-0.05, 0) is 37.8 Å². The number of carbonyl (C=O) groups is 1. The first-order valence-electron chi connectivity index (χ1n) is 7.33. The summed E-state index contributed by atoms with van der Waals surface area (Å²) in [6.45, 7) is 3.12. The highest BCUT2D eigenvalue weighted by Crippen LogP contribution is 2.29. The van der Waals surface area contributed by atoms with E-state index in [2.05, 4.69) is 20.4 Å². The van der Waals surface area contributed by atoms with Gasteiger partial charge in [-0.15, -0.1) is 0 Å². The van der Waals surface area contributed by atoms with Crippen LogP contribution < -0.4 is 5.32 Å².